The molecule has 1 amide bonds. The predicted octanol–water partition coefficient (Wildman–Crippen LogP) is 3.07. The average Bonchev–Trinajstić information content (AvgIpc) is 3.17. The number of carbonyl (C=O) groups excluding carboxylic acids is 1. The van der Waals surface area contributed by atoms with Gasteiger partial charge in [-0.05, 0) is 40.8 Å². The van der Waals surface area contributed by atoms with Crippen LogP contribution in [-0.4, -0.2) is 29.9 Å². The number of hydrogen-bond donors (Lipinski definition) is 1. The summed E-state index contributed by atoms with van der Waals surface area (Å²) in [6.07, 6.45) is 2.71. The highest BCUT2D eigenvalue weighted by atomic mass is 32.1. The second-order valence-corrected chi connectivity index (χ2v) is 6.62. The SMILES string of the molecule is O=C1C[C@H](NCc2ccsc2)CN1CCCc1ccccc1. The van der Waals surface area contributed by atoms with E-state index in [0.29, 0.717) is 12.5 Å². The van der Waals surface area contributed by atoms with E-state index >= 15 is 0 Å². The number of carbonyl (C=O) groups is 1. The third kappa shape index (κ3) is 4.18. The van der Waals surface area contributed by atoms with Crippen molar-refractivity contribution < 1.29 is 4.79 Å². The first-order valence-corrected chi connectivity index (χ1v) is 8.82. The smallest absolute Gasteiger partial charge is 0.224 e. The normalized spacial score (nSPS) is 18.1. The molecule has 3 nitrogen and oxygen atoms in total. The van der Waals surface area contributed by atoms with Crippen LogP contribution < -0.4 is 5.32 Å². The van der Waals surface area contributed by atoms with Crippen LogP contribution in [0, 0.1) is 0 Å². The molecule has 1 aliphatic rings. The Labute approximate surface area is 136 Å². The quantitative estimate of drug-likeness (QED) is 0.852. The van der Waals surface area contributed by atoms with Crippen molar-refractivity contribution in [2.75, 3.05) is 13.1 Å². The molecule has 3 rings (SSSR count). The molecule has 1 saturated heterocycles. The summed E-state index contributed by atoms with van der Waals surface area (Å²) >= 11 is 1.71. The van der Waals surface area contributed by atoms with E-state index < -0.39 is 0 Å². The third-order valence-electron chi connectivity index (χ3n) is 4.13. The summed E-state index contributed by atoms with van der Waals surface area (Å²) in [7, 11) is 0. The first kappa shape index (κ1) is 15.3. The van der Waals surface area contributed by atoms with Gasteiger partial charge in [-0.1, -0.05) is 30.3 Å². The molecule has 0 unspecified atom stereocenters. The van der Waals surface area contributed by atoms with Crippen LogP contribution in [0.3, 0.4) is 0 Å². The lowest BCUT2D eigenvalue weighted by Gasteiger charge is -2.17. The Bertz CT molecular complexity index is 582. The molecular formula is C18H22N2OS. The van der Waals surface area contributed by atoms with Crippen molar-refractivity contribution in [2.24, 2.45) is 0 Å². The molecule has 1 aliphatic heterocycles. The van der Waals surface area contributed by atoms with Crippen molar-refractivity contribution >= 4 is 17.2 Å². The van der Waals surface area contributed by atoms with E-state index in [1.54, 1.807) is 11.3 Å². The van der Waals surface area contributed by atoms with Crippen LogP contribution in [0.5, 0.6) is 0 Å². The van der Waals surface area contributed by atoms with Crippen molar-refractivity contribution in [3.05, 3.63) is 58.3 Å². The van der Waals surface area contributed by atoms with Gasteiger partial charge in [-0.3, -0.25) is 4.79 Å². The minimum absolute atomic E-state index is 0.288. The third-order valence-corrected chi connectivity index (χ3v) is 4.86. The zero-order chi connectivity index (χ0) is 15.2. The number of benzene rings is 1. The second-order valence-electron chi connectivity index (χ2n) is 5.84. The summed E-state index contributed by atoms with van der Waals surface area (Å²) in [4.78, 5) is 14.1. The van der Waals surface area contributed by atoms with Crippen molar-refractivity contribution in [3.63, 3.8) is 0 Å². The molecular weight excluding hydrogens is 292 g/mol. The molecule has 0 aliphatic carbocycles. The van der Waals surface area contributed by atoms with Crippen LogP contribution in [0.1, 0.15) is 24.0 Å². The Morgan fingerprint density at radius 2 is 2.05 bits per heavy atom. The van der Waals surface area contributed by atoms with Crippen molar-refractivity contribution in [3.8, 4) is 0 Å². The van der Waals surface area contributed by atoms with Gasteiger partial charge in [-0.2, -0.15) is 11.3 Å². The second kappa shape index (κ2) is 7.56. The number of nitrogens with one attached hydrogen (secondary N) is 1. The fourth-order valence-electron chi connectivity index (χ4n) is 2.90. The van der Waals surface area contributed by atoms with Gasteiger partial charge in [0.05, 0.1) is 0 Å². The monoisotopic (exact) mass is 314 g/mol. The van der Waals surface area contributed by atoms with Gasteiger partial charge in [0.15, 0.2) is 0 Å². The van der Waals surface area contributed by atoms with E-state index in [0.717, 1.165) is 32.5 Å². The lowest BCUT2D eigenvalue weighted by atomic mass is 10.1. The number of thiophene rings is 1. The lowest BCUT2D eigenvalue weighted by Crippen LogP contribution is -2.32. The summed E-state index contributed by atoms with van der Waals surface area (Å²) in [5, 5.41) is 7.74. The number of aryl methyl sites for hydroxylation is 1. The lowest BCUT2D eigenvalue weighted by molar-refractivity contribution is -0.127. The highest BCUT2D eigenvalue weighted by Gasteiger charge is 2.28. The van der Waals surface area contributed by atoms with E-state index in [-0.39, 0.29) is 5.91 Å². The van der Waals surface area contributed by atoms with Crippen LogP contribution in [0.15, 0.2) is 47.2 Å². The standard InChI is InChI=1S/C18H22N2OS/c21-18-11-17(19-12-16-8-10-22-14-16)13-20(18)9-4-7-15-5-2-1-3-6-15/h1-3,5-6,8,10,14,17,19H,4,7,9,11-13H2/t17-/m0/s1. The molecule has 1 atom stereocenters. The number of amides is 1. The van der Waals surface area contributed by atoms with E-state index in [1.165, 1.54) is 11.1 Å². The molecule has 4 heteroatoms. The Morgan fingerprint density at radius 1 is 1.18 bits per heavy atom. The molecule has 0 saturated carbocycles. The van der Waals surface area contributed by atoms with Gasteiger partial charge < -0.3 is 10.2 Å². The van der Waals surface area contributed by atoms with Crippen LogP contribution in [0.2, 0.25) is 0 Å². The maximum atomic E-state index is 12.1. The van der Waals surface area contributed by atoms with Crippen molar-refractivity contribution in [1.29, 1.82) is 0 Å². The fraction of sp³-hybridized carbons (Fsp3) is 0.389. The predicted molar refractivity (Wildman–Crippen MR) is 90.9 cm³/mol. The summed E-state index contributed by atoms with van der Waals surface area (Å²) in [5.74, 6) is 0.288. The summed E-state index contributed by atoms with van der Waals surface area (Å²) in [5.41, 5.74) is 2.65. The van der Waals surface area contributed by atoms with Crippen molar-refractivity contribution in [1.82, 2.24) is 10.2 Å². The van der Waals surface area contributed by atoms with E-state index in [9.17, 15) is 4.79 Å². The molecule has 1 aromatic heterocycles. The minimum atomic E-state index is 0.288. The number of likely N-dealkylation sites (tertiary alicyclic amines) is 1. The van der Waals surface area contributed by atoms with Crippen LogP contribution >= 0.6 is 11.3 Å². The Balaban J connectivity index is 1.40. The van der Waals surface area contributed by atoms with Gasteiger partial charge in [0.25, 0.3) is 0 Å². The molecule has 1 N–H and O–H groups in total. The molecule has 22 heavy (non-hydrogen) atoms. The van der Waals surface area contributed by atoms with E-state index in [4.69, 9.17) is 0 Å². The summed E-state index contributed by atoms with van der Waals surface area (Å²) in [6.45, 7) is 2.57. The largest absolute Gasteiger partial charge is 0.341 e. The average molecular weight is 314 g/mol. The Kier molecular flexibility index (Phi) is 5.24. The van der Waals surface area contributed by atoms with Crippen LogP contribution in [0.25, 0.3) is 0 Å². The number of rotatable bonds is 7. The van der Waals surface area contributed by atoms with Crippen LogP contribution in [-0.2, 0) is 17.8 Å². The highest BCUT2D eigenvalue weighted by molar-refractivity contribution is 7.07. The zero-order valence-corrected chi connectivity index (χ0v) is 13.5. The first-order chi connectivity index (χ1) is 10.8. The molecule has 0 bridgehead atoms. The maximum absolute atomic E-state index is 12.1. The van der Waals surface area contributed by atoms with E-state index in [1.807, 2.05) is 11.0 Å². The topological polar surface area (TPSA) is 32.3 Å². The van der Waals surface area contributed by atoms with Gasteiger partial charge in [0, 0.05) is 32.1 Å². The van der Waals surface area contributed by atoms with Gasteiger partial charge in [0.2, 0.25) is 5.91 Å². The van der Waals surface area contributed by atoms with Crippen LogP contribution in [0.4, 0.5) is 0 Å². The van der Waals surface area contributed by atoms with Gasteiger partial charge in [-0.15, -0.1) is 0 Å². The Morgan fingerprint density at radius 3 is 2.82 bits per heavy atom. The summed E-state index contributed by atoms with van der Waals surface area (Å²) in [6, 6.07) is 12.9. The molecule has 2 aromatic rings. The zero-order valence-electron chi connectivity index (χ0n) is 12.7. The number of hydrogen-bond acceptors (Lipinski definition) is 3. The Hall–Kier alpha value is -1.65. The first-order valence-electron chi connectivity index (χ1n) is 7.87. The number of nitrogens with zero attached hydrogens (tertiary/aromatic N) is 1. The molecule has 116 valence electrons. The molecule has 2 heterocycles. The fourth-order valence-corrected chi connectivity index (χ4v) is 3.57. The molecule has 0 radical (unpaired) electrons. The summed E-state index contributed by atoms with van der Waals surface area (Å²) < 4.78 is 0. The molecule has 0 spiro atoms. The van der Waals surface area contributed by atoms with Gasteiger partial charge >= 0.3 is 0 Å². The molecule has 1 fully saturated rings. The maximum Gasteiger partial charge on any atom is 0.224 e. The van der Waals surface area contributed by atoms with Crippen molar-refractivity contribution in [2.45, 2.75) is 31.8 Å². The van der Waals surface area contributed by atoms with E-state index in [2.05, 4.69) is 46.4 Å². The minimum Gasteiger partial charge on any atom is -0.341 e. The van der Waals surface area contributed by atoms with Gasteiger partial charge in [0.1, 0.15) is 0 Å². The highest BCUT2D eigenvalue weighted by Crippen LogP contribution is 2.14. The van der Waals surface area contributed by atoms with Gasteiger partial charge in [-0.25, -0.2) is 0 Å². The molecule has 1 aromatic carbocycles.